The number of amides is 1. The zero-order chi connectivity index (χ0) is 25.0. The van der Waals surface area contributed by atoms with Crippen LogP contribution in [0, 0.1) is 0 Å². The van der Waals surface area contributed by atoms with Gasteiger partial charge in [0.05, 0.1) is 6.17 Å². The molecule has 2 heterocycles. The smallest absolute Gasteiger partial charge is 0.412 e. The Hall–Kier alpha value is -4.06. The molecule has 1 unspecified atom stereocenters. The summed E-state index contributed by atoms with van der Waals surface area (Å²) in [5.41, 5.74) is 12.1. The third-order valence-electron chi connectivity index (χ3n) is 4.56. The van der Waals surface area contributed by atoms with E-state index in [1.807, 2.05) is 6.07 Å². The average molecular weight is 470 g/mol. The number of nitrogens with two attached hydrogens (primary N) is 2. The van der Waals surface area contributed by atoms with Crippen molar-refractivity contribution in [3.05, 3.63) is 48.0 Å². The number of rotatable bonds is 6. The third kappa shape index (κ3) is 5.64. The van der Waals surface area contributed by atoms with Gasteiger partial charge in [0.15, 0.2) is 11.5 Å². The summed E-state index contributed by atoms with van der Waals surface area (Å²) in [6.45, 7) is 5.99. The summed E-state index contributed by atoms with van der Waals surface area (Å²) in [4.78, 5) is 51.9. The minimum absolute atomic E-state index is 0.0515. The normalized spacial score (nSPS) is 12.3. The molecule has 0 spiro atoms. The SMILES string of the molecule is CC(N)N(CC(=O)n1c(C(=O)OCc2ccccc2)nc2ncnc-2c1N)C(=O)OC(C)(C)C. The molecule has 0 saturated carbocycles. The molecule has 0 saturated heterocycles. The molecule has 1 atom stereocenters. The lowest BCUT2D eigenvalue weighted by molar-refractivity contribution is 0.0172. The Balaban J connectivity index is 1.94. The van der Waals surface area contributed by atoms with E-state index in [1.54, 1.807) is 45.0 Å². The maximum atomic E-state index is 13.3. The van der Waals surface area contributed by atoms with Crippen molar-refractivity contribution >= 4 is 23.8 Å². The Kier molecular flexibility index (Phi) is 7.11. The number of nitrogens with zero attached hydrogens (tertiary/aromatic N) is 5. The number of anilines is 1. The summed E-state index contributed by atoms with van der Waals surface area (Å²) in [5.74, 6) is -2.17. The number of carbonyl (C=O) groups is 3. The van der Waals surface area contributed by atoms with Crippen LogP contribution in [0.4, 0.5) is 10.6 Å². The van der Waals surface area contributed by atoms with E-state index in [4.69, 9.17) is 20.9 Å². The lowest BCUT2D eigenvalue weighted by atomic mass is 10.2. The number of carbonyl (C=O) groups excluding carboxylic acids is 3. The highest BCUT2D eigenvalue weighted by atomic mass is 16.6. The van der Waals surface area contributed by atoms with Gasteiger partial charge < -0.3 is 20.9 Å². The molecule has 2 aliphatic heterocycles. The highest BCUT2D eigenvalue weighted by Crippen LogP contribution is 2.24. The number of ether oxygens (including phenoxy) is 2. The second kappa shape index (κ2) is 9.83. The predicted octanol–water partition coefficient (Wildman–Crippen LogP) is 1.90. The number of nitrogen functional groups attached to an aromatic ring is 1. The number of fused-ring (bicyclic) bond motifs is 1. The fourth-order valence-corrected chi connectivity index (χ4v) is 2.98. The molecule has 1 aromatic rings. The maximum absolute atomic E-state index is 13.3. The second-order valence-electron chi connectivity index (χ2n) is 8.51. The average Bonchev–Trinajstić information content (AvgIpc) is 3.24. The number of hydrogen-bond donors (Lipinski definition) is 2. The molecule has 34 heavy (non-hydrogen) atoms. The Labute approximate surface area is 196 Å². The Bertz CT molecular complexity index is 1150. The summed E-state index contributed by atoms with van der Waals surface area (Å²) in [6.07, 6.45) is -0.466. The highest BCUT2D eigenvalue weighted by molar-refractivity contribution is 5.97. The van der Waals surface area contributed by atoms with Crippen LogP contribution in [0.1, 0.15) is 48.7 Å². The number of hydrogen-bond acceptors (Lipinski definition) is 10. The first-order chi connectivity index (χ1) is 16.0. The van der Waals surface area contributed by atoms with Crippen LogP contribution < -0.4 is 11.5 Å². The van der Waals surface area contributed by atoms with Gasteiger partial charge in [0.25, 0.3) is 5.91 Å². The summed E-state index contributed by atoms with van der Waals surface area (Å²) < 4.78 is 11.5. The molecule has 12 nitrogen and oxygen atoms in total. The molecule has 0 bridgehead atoms. The molecule has 1 aromatic carbocycles. The Morgan fingerprint density at radius 2 is 1.82 bits per heavy atom. The number of imidazole rings is 1. The molecule has 3 rings (SSSR count). The van der Waals surface area contributed by atoms with Crippen LogP contribution in [0.15, 0.2) is 36.7 Å². The minimum atomic E-state index is -0.904. The lowest BCUT2D eigenvalue weighted by Gasteiger charge is -2.29. The summed E-state index contributed by atoms with van der Waals surface area (Å²) >= 11 is 0. The first kappa shape index (κ1) is 24.6. The molecule has 4 N–H and O–H groups in total. The zero-order valence-electron chi connectivity index (χ0n) is 19.4. The molecule has 12 heteroatoms. The molecule has 0 radical (unpaired) electrons. The van der Waals surface area contributed by atoms with E-state index in [0.29, 0.717) is 0 Å². The highest BCUT2D eigenvalue weighted by Gasteiger charge is 2.31. The van der Waals surface area contributed by atoms with Crippen molar-refractivity contribution in [1.82, 2.24) is 24.4 Å². The van der Waals surface area contributed by atoms with E-state index < -0.39 is 42.1 Å². The van der Waals surface area contributed by atoms with Gasteiger partial charge in [0.1, 0.15) is 30.9 Å². The van der Waals surface area contributed by atoms with Crippen molar-refractivity contribution in [1.29, 1.82) is 0 Å². The van der Waals surface area contributed by atoms with E-state index in [-0.39, 0.29) is 23.9 Å². The summed E-state index contributed by atoms with van der Waals surface area (Å²) in [5, 5.41) is 0. The largest absolute Gasteiger partial charge is 0.455 e. The van der Waals surface area contributed by atoms with Crippen molar-refractivity contribution < 1.29 is 23.9 Å². The van der Waals surface area contributed by atoms with E-state index in [9.17, 15) is 14.4 Å². The van der Waals surface area contributed by atoms with E-state index in [2.05, 4.69) is 15.0 Å². The Morgan fingerprint density at radius 1 is 1.15 bits per heavy atom. The van der Waals surface area contributed by atoms with Gasteiger partial charge in [-0.15, -0.1) is 0 Å². The van der Waals surface area contributed by atoms with Crippen LogP contribution in [0.3, 0.4) is 0 Å². The van der Waals surface area contributed by atoms with Gasteiger partial charge in [-0.2, -0.15) is 0 Å². The fourth-order valence-electron chi connectivity index (χ4n) is 2.98. The van der Waals surface area contributed by atoms with Crippen LogP contribution >= 0.6 is 0 Å². The third-order valence-corrected chi connectivity index (χ3v) is 4.56. The first-order valence-electron chi connectivity index (χ1n) is 10.5. The van der Waals surface area contributed by atoms with Gasteiger partial charge in [0, 0.05) is 0 Å². The van der Waals surface area contributed by atoms with E-state index in [1.165, 1.54) is 13.3 Å². The van der Waals surface area contributed by atoms with Gasteiger partial charge in [-0.1, -0.05) is 30.3 Å². The van der Waals surface area contributed by atoms with Crippen LogP contribution in [0.25, 0.3) is 11.5 Å². The van der Waals surface area contributed by atoms with Crippen molar-refractivity contribution in [2.24, 2.45) is 5.73 Å². The monoisotopic (exact) mass is 469 g/mol. The maximum Gasteiger partial charge on any atom is 0.412 e. The van der Waals surface area contributed by atoms with Crippen LogP contribution in [-0.4, -0.2) is 60.7 Å². The first-order valence-corrected chi connectivity index (χ1v) is 10.5. The molecule has 2 aliphatic rings. The van der Waals surface area contributed by atoms with Gasteiger partial charge in [-0.3, -0.25) is 9.69 Å². The second-order valence-corrected chi connectivity index (χ2v) is 8.51. The van der Waals surface area contributed by atoms with Crippen LogP contribution in [-0.2, 0) is 16.1 Å². The number of aromatic nitrogens is 4. The van der Waals surface area contributed by atoms with Gasteiger partial charge >= 0.3 is 12.1 Å². The fraction of sp³-hybridized carbons (Fsp3) is 0.364. The zero-order valence-corrected chi connectivity index (χ0v) is 19.4. The van der Waals surface area contributed by atoms with Crippen molar-refractivity contribution in [3.8, 4) is 11.5 Å². The van der Waals surface area contributed by atoms with E-state index in [0.717, 1.165) is 15.0 Å². The quantitative estimate of drug-likeness (QED) is 0.401. The Morgan fingerprint density at radius 3 is 2.44 bits per heavy atom. The molecule has 0 fully saturated rings. The van der Waals surface area contributed by atoms with Gasteiger partial charge in [-0.05, 0) is 33.3 Å². The molecular formula is C22H27N7O5. The van der Waals surface area contributed by atoms with Gasteiger partial charge in [-0.25, -0.2) is 29.1 Å². The number of esters is 1. The minimum Gasteiger partial charge on any atom is -0.455 e. The standard InChI is InChI=1S/C22H27N7O5/c1-13(23)28(21(32)34-22(2,3)4)10-15(30)29-17(24)16-18(26-12-25-16)27-19(29)20(31)33-11-14-8-6-5-7-9-14/h5-9,12-13H,10-11,23-24H2,1-4H3. The van der Waals surface area contributed by atoms with E-state index >= 15 is 0 Å². The van der Waals surface area contributed by atoms with Crippen LogP contribution in [0.5, 0.6) is 0 Å². The lowest BCUT2D eigenvalue weighted by Crippen LogP contribution is -2.49. The van der Waals surface area contributed by atoms with Crippen LogP contribution in [0.2, 0.25) is 0 Å². The summed E-state index contributed by atoms with van der Waals surface area (Å²) in [7, 11) is 0. The number of benzene rings is 1. The topological polar surface area (TPSA) is 169 Å². The molecule has 180 valence electrons. The predicted molar refractivity (Wildman–Crippen MR) is 122 cm³/mol. The van der Waals surface area contributed by atoms with Crippen molar-refractivity contribution in [2.75, 3.05) is 12.3 Å². The van der Waals surface area contributed by atoms with Gasteiger partial charge in [0.2, 0.25) is 5.82 Å². The van der Waals surface area contributed by atoms with Crippen molar-refractivity contribution in [3.63, 3.8) is 0 Å². The molecular weight excluding hydrogens is 442 g/mol. The molecule has 1 amide bonds. The molecule has 0 aromatic heterocycles. The molecule has 0 aliphatic carbocycles. The van der Waals surface area contributed by atoms with Crippen molar-refractivity contribution in [2.45, 2.75) is 46.1 Å². The summed E-state index contributed by atoms with van der Waals surface area (Å²) in [6, 6.07) is 8.99.